The maximum absolute atomic E-state index is 12.1. The molecule has 5 aromatic rings. The number of hydrogen-bond acceptors (Lipinski definition) is 7. The van der Waals surface area contributed by atoms with Gasteiger partial charge in [-0.05, 0) is 83.6 Å². The summed E-state index contributed by atoms with van der Waals surface area (Å²) in [6.45, 7) is 13.1. The second kappa shape index (κ2) is 17.5. The zero-order chi connectivity index (χ0) is 35.4. The standard InChI is InChI=1S/C44H47N3O4/c1-4-27-50-44(48)39-16-18-41(19-17-39)47-25-23-46(24-26-47)33(3)37-12-14-38(15-13-37)40-29-43(31-45-30-40)51-32-36-10-20-42(21-11-36)49-28-22-35-8-6-34(5-2)7-9-35/h4,6-21,29-31,33H,1,5,22-28,32H2,2-3H3. The van der Waals surface area contributed by atoms with Crippen LogP contribution in [0.25, 0.3) is 11.1 Å². The Bertz CT molecular complexity index is 1850. The van der Waals surface area contributed by atoms with Gasteiger partial charge in [0.25, 0.3) is 0 Å². The number of ether oxygens (including phenoxy) is 3. The number of esters is 1. The van der Waals surface area contributed by atoms with Crippen LogP contribution in [0.5, 0.6) is 11.5 Å². The van der Waals surface area contributed by atoms with Crippen molar-refractivity contribution in [1.82, 2.24) is 9.88 Å². The van der Waals surface area contributed by atoms with Gasteiger partial charge in [-0.2, -0.15) is 0 Å². The van der Waals surface area contributed by atoms with E-state index in [0.29, 0.717) is 24.8 Å². The highest BCUT2D eigenvalue weighted by atomic mass is 16.5. The monoisotopic (exact) mass is 681 g/mol. The Kier molecular flexibility index (Phi) is 12.2. The molecule has 1 unspecified atom stereocenters. The summed E-state index contributed by atoms with van der Waals surface area (Å²) in [5.41, 5.74) is 8.80. The predicted molar refractivity (Wildman–Crippen MR) is 205 cm³/mol. The molecule has 4 aromatic carbocycles. The molecule has 1 aliphatic rings. The molecule has 0 bridgehead atoms. The largest absolute Gasteiger partial charge is 0.493 e. The quantitative estimate of drug-likeness (QED) is 0.0809. The van der Waals surface area contributed by atoms with Gasteiger partial charge in [0.2, 0.25) is 0 Å². The van der Waals surface area contributed by atoms with Crippen molar-refractivity contribution in [3.8, 4) is 22.6 Å². The zero-order valence-corrected chi connectivity index (χ0v) is 29.7. The van der Waals surface area contributed by atoms with E-state index >= 15 is 0 Å². The van der Waals surface area contributed by atoms with Crippen LogP contribution in [0.15, 0.2) is 128 Å². The average Bonchev–Trinajstić information content (AvgIpc) is 3.20. The van der Waals surface area contributed by atoms with E-state index in [2.05, 4.69) is 83.7 Å². The Balaban J connectivity index is 0.958. The van der Waals surface area contributed by atoms with E-state index in [0.717, 1.165) is 72.9 Å². The fraction of sp³-hybridized carbons (Fsp3) is 0.273. The third-order valence-corrected chi connectivity index (χ3v) is 9.52. The van der Waals surface area contributed by atoms with Gasteiger partial charge in [-0.15, -0.1) is 0 Å². The van der Waals surface area contributed by atoms with E-state index in [1.807, 2.05) is 60.8 Å². The van der Waals surface area contributed by atoms with Crippen molar-refractivity contribution < 1.29 is 19.0 Å². The van der Waals surface area contributed by atoms with E-state index in [9.17, 15) is 4.79 Å². The Morgan fingerprint density at radius 3 is 2.16 bits per heavy atom. The maximum atomic E-state index is 12.1. The van der Waals surface area contributed by atoms with E-state index in [-0.39, 0.29) is 12.6 Å². The summed E-state index contributed by atoms with van der Waals surface area (Å²) in [5, 5.41) is 0. The number of carbonyl (C=O) groups is 1. The Morgan fingerprint density at radius 1 is 0.784 bits per heavy atom. The van der Waals surface area contributed by atoms with Gasteiger partial charge in [-0.25, -0.2) is 4.79 Å². The molecule has 1 fully saturated rings. The smallest absolute Gasteiger partial charge is 0.338 e. The number of hydrogen-bond donors (Lipinski definition) is 0. The number of carbonyl (C=O) groups excluding carboxylic acids is 1. The molecule has 0 radical (unpaired) electrons. The minimum Gasteiger partial charge on any atom is -0.493 e. The number of pyridine rings is 1. The summed E-state index contributed by atoms with van der Waals surface area (Å²) in [6, 6.07) is 35.6. The molecular weight excluding hydrogens is 635 g/mol. The molecule has 0 amide bonds. The maximum Gasteiger partial charge on any atom is 0.338 e. The minimum atomic E-state index is -0.327. The van der Waals surface area contributed by atoms with Crippen LogP contribution in [0.1, 0.15) is 52.5 Å². The van der Waals surface area contributed by atoms with Crippen molar-refractivity contribution >= 4 is 11.7 Å². The highest BCUT2D eigenvalue weighted by molar-refractivity contribution is 5.89. The number of anilines is 1. The van der Waals surface area contributed by atoms with Gasteiger partial charge in [-0.3, -0.25) is 9.88 Å². The van der Waals surface area contributed by atoms with E-state index in [1.54, 1.807) is 12.3 Å². The number of nitrogens with zero attached hydrogens (tertiary/aromatic N) is 3. The number of aromatic nitrogens is 1. The van der Waals surface area contributed by atoms with Crippen molar-refractivity contribution in [2.75, 3.05) is 44.3 Å². The van der Waals surface area contributed by atoms with Crippen LogP contribution in [-0.2, 0) is 24.2 Å². The second-order valence-electron chi connectivity index (χ2n) is 12.9. The van der Waals surface area contributed by atoms with E-state index < -0.39 is 0 Å². The van der Waals surface area contributed by atoms with E-state index in [1.165, 1.54) is 16.7 Å². The van der Waals surface area contributed by atoms with Crippen LogP contribution in [0.3, 0.4) is 0 Å². The van der Waals surface area contributed by atoms with Crippen molar-refractivity contribution in [3.63, 3.8) is 0 Å². The molecule has 0 spiro atoms. The fourth-order valence-corrected chi connectivity index (χ4v) is 6.29. The number of rotatable bonds is 15. The molecule has 1 atom stereocenters. The van der Waals surface area contributed by atoms with Crippen LogP contribution >= 0.6 is 0 Å². The first-order valence-electron chi connectivity index (χ1n) is 17.8. The van der Waals surface area contributed by atoms with Gasteiger partial charge >= 0.3 is 5.97 Å². The molecule has 7 nitrogen and oxygen atoms in total. The van der Waals surface area contributed by atoms with Gasteiger partial charge in [0, 0.05) is 56.1 Å². The highest BCUT2D eigenvalue weighted by Crippen LogP contribution is 2.28. The van der Waals surface area contributed by atoms with Gasteiger partial charge in [0.05, 0.1) is 18.4 Å². The Hall–Kier alpha value is -5.40. The Morgan fingerprint density at radius 2 is 1.47 bits per heavy atom. The molecule has 1 aliphatic heterocycles. The van der Waals surface area contributed by atoms with Crippen molar-refractivity contribution in [2.24, 2.45) is 0 Å². The summed E-state index contributed by atoms with van der Waals surface area (Å²) in [5.74, 6) is 1.27. The molecule has 262 valence electrons. The predicted octanol–water partition coefficient (Wildman–Crippen LogP) is 8.74. The fourth-order valence-electron chi connectivity index (χ4n) is 6.29. The molecule has 7 heteroatoms. The summed E-state index contributed by atoms with van der Waals surface area (Å²) < 4.78 is 17.2. The van der Waals surface area contributed by atoms with Gasteiger partial charge in [-0.1, -0.05) is 80.2 Å². The lowest BCUT2D eigenvalue weighted by Gasteiger charge is -2.39. The molecule has 0 saturated carbocycles. The highest BCUT2D eigenvalue weighted by Gasteiger charge is 2.22. The second-order valence-corrected chi connectivity index (χ2v) is 12.9. The topological polar surface area (TPSA) is 64.1 Å². The average molecular weight is 682 g/mol. The first kappa shape index (κ1) is 35.4. The lowest BCUT2D eigenvalue weighted by Crippen LogP contribution is -2.47. The van der Waals surface area contributed by atoms with Crippen molar-refractivity contribution in [1.29, 1.82) is 0 Å². The molecule has 0 N–H and O–H groups in total. The molecule has 6 rings (SSSR count). The minimum absolute atomic E-state index is 0.215. The summed E-state index contributed by atoms with van der Waals surface area (Å²) in [4.78, 5) is 21.5. The third-order valence-electron chi connectivity index (χ3n) is 9.52. The lowest BCUT2D eigenvalue weighted by atomic mass is 10.0. The molecule has 0 aliphatic carbocycles. The van der Waals surface area contributed by atoms with Gasteiger partial charge < -0.3 is 19.1 Å². The van der Waals surface area contributed by atoms with Gasteiger partial charge in [0.1, 0.15) is 24.7 Å². The van der Waals surface area contributed by atoms with Crippen LogP contribution in [0.4, 0.5) is 5.69 Å². The summed E-state index contributed by atoms with van der Waals surface area (Å²) >= 11 is 0. The van der Waals surface area contributed by atoms with Crippen LogP contribution in [0, 0.1) is 0 Å². The molecule has 51 heavy (non-hydrogen) atoms. The summed E-state index contributed by atoms with van der Waals surface area (Å²) in [6.07, 6.45) is 7.15. The molecular formula is C44H47N3O4. The van der Waals surface area contributed by atoms with Crippen LogP contribution < -0.4 is 14.4 Å². The van der Waals surface area contributed by atoms with Crippen LogP contribution in [0.2, 0.25) is 0 Å². The van der Waals surface area contributed by atoms with Gasteiger partial charge in [0.15, 0.2) is 0 Å². The van der Waals surface area contributed by atoms with Crippen LogP contribution in [-0.4, -0.2) is 55.2 Å². The zero-order valence-electron chi connectivity index (χ0n) is 29.7. The van der Waals surface area contributed by atoms with Crippen molar-refractivity contribution in [2.45, 2.75) is 39.3 Å². The first-order valence-corrected chi connectivity index (χ1v) is 17.8. The first-order chi connectivity index (χ1) is 25.0. The lowest BCUT2D eigenvalue weighted by molar-refractivity contribution is 0.0549. The Labute approximate surface area is 302 Å². The van der Waals surface area contributed by atoms with E-state index in [4.69, 9.17) is 14.2 Å². The molecule has 1 aromatic heterocycles. The molecule has 2 heterocycles. The number of benzene rings is 4. The SMILES string of the molecule is C=CCOC(=O)c1ccc(N2CCN(C(C)c3ccc(-c4cncc(OCc5ccc(OCCc6ccc(CC)cc6)cc5)c4)cc3)CC2)cc1. The van der Waals surface area contributed by atoms with Crippen molar-refractivity contribution in [3.05, 3.63) is 156 Å². The normalized spacial score (nSPS) is 13.7. The molecule has 1 saturated heterocycles. The number of piperazine rings is 1. The number of aryl methyl sites for hydroxylation is 1. The third kappa shape index (κ3) is 9.65. The summed E-state index contributed by atoms with van der Waals surface area (Å²) in [7, 11) is 0.